The van der Waals surface area contributed by atoms with Crippen molar-refractivity contribution in [2.24, 2.45) is 0 Å². The summed E-state index contributed by atoms with van der Waals surface area (Å²) in [6.07, 6.45) is 4.70. The molecule has 0 nitrogen and oxygen atoms in total. The summed E-state index contributed by atoms with van der Waals surface area (Å²) in [7, 11) is 0. The first-order valence-electron chi connectivity index (χ1n) is 6.09. The van der Waals surface area contributed by atoms with E-state index in [-0.39, 0.29) is 0 Å². The van der Waals surface area contributed by atoms with Crippen LogP contribution in [-0.4, -0.2) is 0 Å². The standard InChI is InChI=1S/C17H16/c1-12-7-13(2)9-16(8-12)17-10-14-5-3-4-6-15(14)11-17/h3-11,17H,1-2H3. The molecule has 1 aliphatic carbocycles. The van der Waals surface area contributed by atoms with Gasteiger partial charge in [0.05, 0.1) is 0 Å². The molecule has 0 heterocycles. The van der Waals surface area contributed by atoms with E-state index in [9.17, 15) is 0 Å². The van der Waals surface area contributed by atoms with Crippen LogP contribution in [0.25, 0.3) is 12.2 Å². The Hall–Kier alpha value is -1.82. The zero-order valence-corrected chi connectivity index (χ0v) is 10.3. The summed E-state index contributed by atoms with van der Waals surface area (Å²) in [5.74, 6) is 0.436. The highest BCUT2D eigenvalue weighted by molar-refractivity contribution is 5.60. The molecule has 0 aliphatic heterocycles. The Kier molecular flexibility index (Phi) is 2.36. The molecule has 0 heteroatoms. The first-order chi connectivity index (χ1) is 8.22. The highest BCUT2D eigenvalue weighted by Crippen LogP contribution is 2.23. The van der Waals surface area contributed by atoms with Crippen molar-refractivity contribution in [3.05, 3.63) is 69.6 Å². The summed E-state index contributed by atoms with van der Waals surface area (Å²) in [6.45, 7) is 4.33. The van der Waals surface area contributed by atoms with Crippen LogP contribution in [0.15, 0.2) is 42.5 Å². The number of fused-ring (bicyclic) bond motifs is 1. The third kappa shape index (κ3) is 1.91. The molecule has 2 aromatic rings. The van der Waals surface area contributed by atoms with Crippen molar-refractivity contribution in [2.45, 2.75) is 19.8 Å². The van der Waals surface area contributed by atoms with Crippen LogP contribution in [0.4, 0.5) is 0 Å². The van der Waals surface area contributed by atoms with Crippen molar-refractivity contribution in [3.63, 3.8) is 0 Å². The number of hydrogen-bond acceptors (Lipinski definition) is 0. The summed E-state index contributed by atoms with van der Waals surface area (Å²) in [4.78, 5) is 0. The Bertz CT molecular complexity index is 622. The lowest BCUT2D eigenvalue weighted by molar-refractivity contribution is 1.19. The quantitative estimate of drug-likeness (QED) is 0.693. The molecule has 0 atom stereocenters. The van der Waals surface area contributed by atoms with Crippen molar-refractivity contribution >= 4 is 12.2 Å². The highest BCUT2D eigenvalue weighted by Gasteiger charge is 2.10. The molecule has 0 N–H and O–H groups in total. The second-order valence-corrected chi connectivity index (χ2v) is 4.91. The average Bonchev–Trinajstić information content (AvgIpc) is 2.71. The Labute approximate surface area is 102 Å². The third-order valence-corrected chi connectivity index (χ3v) is 3.34. The van der Waals surface area contributed by atoms with Crippen LogP contribution >= 0.6 is 0 Å². The molecule has 0 radical (unpaired) electrons. The maximum Gasteiger partial charge on any atom is 0.0216 e. The lowest BCUT2D eigenvalue weighted by Gasteiger charge is -2.08. The predicted molar refractivity (Wildman–Crippen MR) is 73.3 cm³/mol. The van der Waals surface area contributed by atoms with Gasteiger partial charge in [-0.25, -0.2) is 0 Å². The van der Waals surface area contributed by atoms with Gasteiger partial charge < -0.3 is 0 Å². The Morgan fingerprint density at radius 1 is 0.765 bits per heavy atom. The van der Waals surface area contributed by atoms with E-state index >= 15 is 0 Å². The van der Waals surface area contributed by atoms with Gasteiger partial charge in [-0.2, -0.15) is 0 Å². The SMILES string of the molecule is Cc1cc(C)cc(C2C=c3ccccc3=C2)c1. The molecule has 0 saturated heterocycles. The number of benzene rings is 2. The van der Waals surface area contributed by atoms with E-state index in [2.05, 4.69) is 68.5 Å². The minimum atomic E-state index is 0.436. The van der Waals surface area contributed by atoms with Gasteiger partial charge in [0.1, 0.15) is 0 Å². The highest BCUT2D eigenvalue weighted by atomic mass is 14.1. The van der Waals surface area contributed by atoms with Crippen LogP contribution in [0.2, 0.25) is 0 Å². The molecule has 1 aliphatic rings. The fourth-order valence-corrected chi connectivity index (χ4v) is 2.64. The molecule has 0 aromatic heterocycles. The molecule has 0 spiro atoms. The van der Waals surface area contributed by atoms with Crippen LogP contribution in [0.1, 0.15) is 22.6 Å². The van der Waals surface area contributed by atoms with Gasteiger partial charge in [-0.1, -0.05) is 65.7 Å². The largest absolute Gasteiger partial charge is 0.0653 e. The van der Waals surface area contributed by atoms with Gasteiger partial charge in [-0.3, -0.25) is 0 Å². The van der Waals surface area contributed by atoms with Crippen LogP contribution < -0.4 is 10.4 Å². The molecule has 0 unspecified atom stereocenters. The molecule has 0 saturated carbocycles. The van der Waals surface area contributed by atoms with Crippen LogP contribution in [0.3, 0.4) is 0 Å². The van der Waals surface area contributed by atoms with E-state index < -0.39 is 0 Å². The van der Waals surface area contributed by atoms with Crippen molar-refractivity contribution in [1.82, 2.24) is 0 Å². The van der Waals surface area contributed by atoms with E-state index in [1.54, 1.807) is 0 Å². The second kappa shape index (κ2) is 3.89. The molecule has 3 rings (SSSR count). The van der Waals surface area contributed by atoms with Gasteiger partial charge in [0.25, 0.3) is 0 Å². The lowest BCUT2D eigenvalue weighted by atomic mass is 9.96. The van der Waals surface area contributed by atoms with Crippen molar-refractivity contribution in [1.29, 1.82) is 0 Å². The van der Waals surface area contributed by atoms with Gasteiger partial charge in [-0.05, 0) is 29.8 Å². The van der Waals surface area contributed by atoms with Crippen LogP contribution in [-0.2, 0) is 0 Å². The third-order valence-electron chi connectivity index (χ3n) is 3.34. The number of aryl methyl sites for hydroxylation is 2. The second-order valence-electron chi connectivity index (χ2n) is 4.91. The summed E-state index contributed by atoms with van der Waals surface area (Å²) >= 11 is 0. The minimum Gasteiger partial charge on any atom is -0.0653 e. The first-order valence-corrected chi connectivity index (χ1v) is 6.09. The van der Waals surface area contributed by atoms with Crippen LogP contribution in [0.5, 0.6) is 0 Å². The number of hydrogen-bond donors (Lipinski definition) is 0. The van der Waals surface area contributed by atoms with E-state index in [1.165, 1.54) is 27.1 Å². The number of rotatable bonds is 1. The van der Waals surface area contributed by atoms with Gasteiger partial charge in [0, 0.05) is 5.92 Å². The molecule has 84 valence electrons. The Morgan fingerprint density at radius 3 is 1.82 bits per heavy atom. The summed E-state index contributed by atoms with van der Waals surface area (Å²) < 4.78 is 0. The maximum absolute atomic E-state index is 2.35. The van der Waals surface area contributed by atoms with E-state index in [0.29, 0.717) is 5.92 Å². The first kappa shape index (κ1) is 10.3. The van der Waals surface area contributed by atoms with Crippen molar-refractivity contribution in [3.8, 4) is 0 Å². The zero-order valence-electron chi connectivity index (χ0n) is 10.3. The summed E-state index contributed by atoms with van der Waals surface area (Å²) in [5.41, 5.74) is 4.09. The predicted octanol–water partition coefficient (Wildman–Crippen LogP) is 2.66. The van der Waals surface area contributed by atoms with Gasteiger partial charge in [-0.15, -0.1) is 0 Å². The molecule has 17 heavy (non-hydrogen) atoms. The van der Waals surface area contributed by atoms with Crippen molar-refractivity contribution < 1.29 is 0 Å². The Balaban J connectivity index is 2.11. The maximum atomic E-state index is 2.35. The molecule has 0 amide bonds. The van der Waals surface area contributed by atoms with Gasteiger partial charge >= 0.3 is 0 Å². The fraction of sp³-hybridized carbons (Fsp3) is 0.176. The smallest absolute Gasteiger partial charge is 0.0216 e. The summed E-state index contributed by atoms with van der Waals surface area (Å²) in [5, 5.41) is 2.72. The van der Waals surface area contributed by atoms with Crippen molar-refractivity contribution in [2.75, 3.05) is 0 Å². The average molecular weight is 220 g/mol. The molecule has 0 fully saturated rings. The van der Waals surface area contributed by atoms with E-state index in [4.69, 9.17) is 0 Å². The molecular formula is C17H16. The van der Waals surface area contributed by atoms with Gasteiger partial charge in [0.2, 0.25) is 0 Å². The van der Waals surface area contributed by atoms with E-state index in [0.717, 1.165) is 0 Å². The fourth-order valence-electron chi connectivity index (χ4n) is 2.64. The lowest BCUT2D eigenvalue weighted by Crippen LogP contribution is -2.19. The van der Waals surface area contributed by atoms with Gasteiger partial charge in [0.15, 0.2) is 0 Å². The molecule has 0 bridgehead atoms. The molecule has 2 aromatic carbocycles. The van der Waals surface area contributed by atoms with Crippen LogP contribution in [0, 0.1) is 13.8 Å². The van der Waals surface area contributed by atoms with E-state index in [1.807, 2.05) is 0 Å². The topological polar surface area (TPSA) is 0 Å². The Morgan fingerprint density at radius 2 is 1.29 bits per heavy atom. The monoisotopic (exact) mass is 220 g/mol. The zero-order chi connectivity index (χ0) is 11.8. The normalized spacial score (nSPS) is 14.0. The molecular weight excluding hydrogens is 204 g/mol. The minimum absolute atomic E-state index is 0.436. The summed E-state index contributed by atoms with van der Waals surface area (Å²) in [6, 6.07) is 15.4.